The van der Waals surface area contributed by atoms with Crippen LogP contribution in [0.4, 0.5) is 0 Å². The van der Waals surface area contributed by atoms with E-state index in [0.29, 0.717) is 6.04 Å². The Morgan fingerprint density at radius 2 is 2.41 bits per heavy atom. The van der Waals surface area contributed by atoms with E-state index in [9.17, 15) is 0 Å². The minimum atomic E-state index is 0.575. The van der Waals surface area contributed by atoms with Crippen LogP contribution in [0, 0.1) is 0 Å². The number of benzene rings is 1. The summed E-state index contributed by atoms with van der Waals surface area (Å²) in [7, 11) is 1.76. The zero-order chi connectivity index (χ0) is 12.1. The Balaban J connectivity index is 2.06. The minimum Gasteiger partial charge on any atom is -0.496 e. The van der Waals surface area contributed by atoms with Gasteiger partial charge in [0.1, 0.15) is 5.75 Å². The van der Waals surface area contributed by atoms with Crippen molar-refractivity contribution in [2.75, 3.05) is 13.7 Å². The monoisotopic (exact) mass is 343 g/mol. The second kappa shape index (κ2) is 6.40. The van der Waals surface area contributed by atoms with Crippen LogP contribution in [-0.4, -0.2) is 19.7 Å². The number of hydrogen-bond donors (Lipinski definition) is 1. The standard InChI is InChI=1S/C14H18INO/c1-17-14-5-2-4-11-6-7-12(10-13(11)14)16-9-3-8-15/h2-5,8,12,16H,6-7,9-10H2,1H3/b8-3+. The molecule has 0 fully saturated rings. The molecule has 1 atom stereocenters. The molecule has 1 N–H and O–H groups in total. The van der Waals surface area contributed by atoms with Gasteiger partial charge in [-0.15, -0.1) is 0 Å². The van der Waals surface area contributed by atoms with E-state index in [0.717, 1.165) is 25.1 Å². The molecular formula is C14H18INO. The zero-order valence-corrected chi connectivity index (χ0v) is 12.2. The van der Waals surface area contributed by atoms with Crippen molar-refractivity contribution in [1.29, 1.82) is 0 Å². The van der Waals surface area contributed by atoms with E-state index in [1.165, 1.54) is 17.5 Å². The van der Waals surface area contributed by atoms with Gasteiger partial charge >= 0.3 is 0 Å². The fourth-order valence-electron chi connectivity index (χ4n) is 2.40. The molecule has 3 heteroatoms. The van der Waals surface area contributed by atoms with E-state index < -0.39 is 0 Å². The van der Waals surface area contributed by atoms with E-state index >= 15 is 0 Å². The molecule has 0 aliphatic heterocycles. The van der Waals surface area contributed by atoms with Gasteiger partial charge in [-0.05, 0) is 40.5 Å². The highest BCUT2D eigenvalue weighted by atomic mass is 127. The summed E-state index contributed by atoms with van der Waals surface area (Å²) in [6, 6.07) is 6.95. The maximum Gasteiger partial charge on any atom is 0.122 e. The van der Waals surface area contributed by atoms with Crippen molar-refractivity contribution >= 4 is 22.6 Å². The summed E-state index contributed by atoms with van der Waals surface area (Å²) < 4.78 is 7.50. The zero-order valence-electron chi connectivity index (χ0n) is 10.1. The van der Waals surface area contributed by atoms with Gasteiger partial charge < -0.3 is 10.1 Å². The van der Waals surface area contributed by atoms with Crippen LogP contribution in [-0.2, 0) is 12.8 Å². The number of ether oxygens (including phenoxy) is 1. The van der Waals surface area contributed by atoms with E-state index in [-0.39, 0.29) is 0 Å². The average molecular weight is 343 g/mol. The lowest BCUT2D eigenvalue weighted by molar-refractivity contribution is 0.397. The summed E-state index contributed by atoms with van der Waals surface area (Å²) in [6.07, 6.45) is 5.60. The van der Waals surface area contributed by atoms with Crippen LogP contribution in [0.15, 0.2) is 28.4 Å². The Kier molecular flexibility index (Phi) is 4.86. The molecule has 2 nitrogen and oxygen atoms in total. The summed E-state index contributed by atoms with van der Waals surface area (Å²) in [6.45, 7) is 0.956. The van der Waals surface area contributed by atoms with Gasteiger partial charge in [0.15, 0.2) is 0 Å². The van der Waals surface area contributed by atoms with Gasteiger partial charge in [-0.1, -0.05) is 40.8 Å². The first kappa shape index (κ1) is 12.9. The quantitative estimate of drug-likeness (QED) is 0.849. The second-order valence-corrected chi connectivity index (χ2v) is 5.03. The Morgan fingerprint density at radius 3 is 3.18 bits per heavy atom. The number of nitrogens with one attached hydrogen (secondary N) is 1. The van der Waals surface area contributed by atoms with E-state index in [4.69, 9.17) is 4.74 Å². The van der Waals surface area contributed by atoms with Crippen molar-refractivity contribution in [3.8, 4) is 5.75 Å². The van der Waals surface area contributed by atoms with Crippen molar-refractivity contribution in [2.45, 2.75) is 25.3 Å². The highest BCUT2D eigenvalue weighted by Crippen LogP contribution is 2.29. The van der Waals surface area contributed by atoms with Gasteiger partial charge in [-0.2, -0.15) is 0 Å². The normalized spacial score (nSPS) is 19.3. The number of halogens is 1. The van der Waals surface area contributed by atoms with Crippen LogP contribution in [0.25, 0.3) is 0 Å². The van der Waals surface area contributed by atoms with Crippen LogP contribution in [0.2, 0.25) is 0 Å². The van der Waals surface area contributed by atoms with E-state index in [1.54, 1.807) is 7.11 Å². The Hall–Kier alpha value is -0.550. The second-order valence-electron chi connectivity index (χ2n) is 4.31. The van der Waals surface area contributed by atoms with Gasteiger partial charge in [0.25, 0.3) is 0 Å². The number of fused-ring (bicyclic) bond motifs is 1. The van der Waals surface area contributed by atoms with Crippen molar-refractivity contribution in [3.05, 3.63) is 39.5 Å². The number of aryl methyl sites for hydroxylation is 1. The maximum absolute atomic E-state index is 5.44. The Labute approximate surface area is 117 Å². The lowest BCUT2D eigenvalue weighted by Crippen LogP contribution is -2.34. The fraction of sp³-hybridized carbons (Fsp3) is 0.429. The van der Waals surface area contributed by atoms with Crippen molar-refractivity contribution < 1.29 is 4.74 Å². The smallest absolute Gasteiger partial charge is 0.122 e. The topological polar surface area (TPSA) is 21.3 Å². The van der Waals surface area contributed by atoms with Crippen molar-refractivity contribution in [1.82, 2.24) is 5.32 Å². The summed E-state index contributed by atoms with van der Waals surface area (Å²) in [5, 5.41) is 3.57. The number of hydrogen-bond acceptors (Lipinski definition) is 2. The predicted molar refractivity (Wildman–Crippen MR) is 80.0 cm³/mol. The summed E-state index contributed by atoms with van der Waals surface area (Å²) in [4.78, 5) is 0. The molecule has 1 unspecified atom stereocenters. The number of methoxy groups -OCH3 is 1. The fourth-order valence-corrected chi connectivity index (χ4v) is 2.65. The molecule has 0 spiro atoms. The molecule has 2 rings (SSSR count). The molecule has 0 aromatic heterocycles. The first-order valence-corrected chi connectivity index (χ1v) is 7.23. The molecule has 0 saturated heterocycles. The molecule has 92 valence electrons. The molecule has 0 heterocycles. The predicted octanol–water partition coefficient (Wildman–Crippen LogP) is 3.09. The molecular weight excluding hydrogens is 325 g/mol. The van der Waals surface area contributed by atoms with Crippen molar-refractivity contribution in [2.24, 2.45) is 0 Å². The SMILES string of the molecule is COc1cccc2c1CC(NC/C=C/I)CC2. The summed E-state index contributed by atoms with van der Waals surface area (Å²) in [5.74, 6) is 1.04. The lowest BCUT2D eigenvalue weighted by atomic mass is 9.87. The molecule has 0 saturated carbocycles. The third-order valence-corrected chi connectivity index (χ3v) is 3.78. The highest BCUT2D eigenvalue weighted by molar-refractivity contribution is 14.1. The van der Waals surface area contributed by atoms with Crippen LogP contribution < -0.4 is 10.1 Å². The average Bonchev–Trinajstić information content (AvgIpc) is 2.38. The van der Waals surface area contributed by atoms with Crippen LogP contribution in [0.3, 0.4) is 0 Å². The maximum atomic E-state index is 5.44. The van der Waals surface area contributed by atoms with Crippen LogP contribution >= 0.6 is 22.6 Å². The molecule has 0 radical (unpaired) electrons. The molecule has 1 aromatic carbocycles. The van der Waals surface area contributed by atoms with Crippen LogP contribution in [0.5, 0.6) is 5.75 Å². The molecule has 1 aromatic rings. The minimum absolute atomic E-state index is 0.575. The van der Waals surface area contributed by atoms with Crippen molar-refractivity contribution in [3.63, 3.8) is 0 Å². The van der Waals surface area contributed by atoms with Crippen LogP contribution in [0.1, 0.15) is 17.5 Å². The molecule has 0 bridgehead atoms. The largest absolute Gasteiger partial charge is 0.496 e. The van der Waals surface area contributed by atoms with Gasteiger partial charge in [-0.3, -0.25) is 0 Å². The van der Waals surface area contributed by atoms with Gasteiger partial charge in [0, 0.05) is 12.6 Å². The van der Waals surface area contributed by atoms with E-state index in [2.05, 4.69) is 56.3 Å². The van der Waals surface area contributed by atoms with Gasteiger partial charge in [-0.25, -0.2) is 0 Å². The van der Waals surface area contributed by atoms with Gasteiger partial charge in [0.05, 0.1) is 7.11 Å². The van der Waals surface area contributed by atoms with E-state index in [1.807, 2.05) is 0 Å². The van der Waals surface area contributed by atoms with Gasteiger partial charge in [0.2, 0.25) is 0 Å². The summed E-state index contributed by atoms with van der Waals surface area (Å²) in [5.41, 5.74) is 2.84. The highest BCUT2D eigenvalue weighted by Gasteiger charge is 2.20. The Morgan fingerprint density at radius 1 is 1.53 bits per heavy atom. The summed E-state index contributed by atoms with van der Waals surface area (Å²) >= 11 is 2.25. The molecule has 1 aliphatic rings. The Bertz CT molecular complexity index is 389. The first-order valence-electron chi connectivity index (χ1n) is 5.98. The lowest BCUT2D eigenvalue weighted by Gasteiger charge is -2.26. The first-order chi connectivity index (χ1) is 8.35. The molecule has 17 heavy (non-hydrogen) atoms. The third kappa shape index (κ3) is 3.22. The number of rotatable bonds is 4. The third-order valence-electron chi connectivity index (χ3n) is 3.28. The molecule has 1 aliphatic carbocycles. The molecule has 0 amide bonds.